The number of nitrogens with zero attached hydrogens (tertiary/aromatic N) is 10. The van der Waals surface area contributed by atoms with Crippen LogP contribution in [0.4, 0.5) is 50.4 Å². The van der Waals surface area contributed by atoms with Gasteiger partial charge >= 0.3 is 5.97 Å². The van der Waals surface area contributed by atoms with E-state index >= 15 is 0 Å². The smallest absolute Gasteiger partial charge is 0.354 e. The average molecular weight is 2340 g/mol. The summed E-state index contributed by atoms with van der Waals surface area (Å²) in [4.78, 5) is 52.0. The third-order valence-electron chi connectivity index (χ3n) is 13.7. The van der Waals surface area contributed by atoms with Crippen molar-refractivity contribution in [3.63, 3.8) is 0 Å². The van der Waals surface area contributed by atoms with Crippen LogP contribution in [0.1, 0.15) is 29.9 Å². The summed E-state index contributed by atoms with van der Waals surface area (Å²) < 4.78 is 66.6. The third kappa shape index (κ3) is 28.9. The second-order valence-electron chi connectivity index (χ2n) is 21.5. The predicted molar refractivity (Wildman–Crippen MR) is 390 cm³/mol. The van der Waals surface area contributed by atoms with Gasteiger partial charge in [0, 0.05) is 178 Å². The Morgan fingerprint density at radius 2 is 1.20 bits per heavy atom. The van der Waals surface area contributed by atoms with Gasteiger partial charge in [-0.2, -0.15) is 80.1 Å². The first-order valence-corrected chi connectivity index (χ1v) is 31.7. The first kappa shape index (κ1) is 91.6. The number of ketones is 1. The average Bonchev–Trinajstić information content (AvgIpc) is 1.75. The number of carboxylic acids is 1. The third-order valence-corrected chi connectivity index (χ3v) is 14.8. The minimum atomic E-state index is -0.990. The van der Waals surface area contributed by atoms with Gasteiger partial charge in [-0.3, -0.25) is 31.6 Å². The molecule has 6 aromatic heterocycles. The predicted octanol–water partition coefficient (Wildman–Crippen LogP) is 19.5. The van der Waals surface area contributed by atoms with Gasteiger partial charge in [0.15, 0.2) is 11.5 Å². The molecule has 0 aliphatic carbocycles. The maximum absolute atomic E-state index is 13.8. The number of hydrogen-bond donors (Lipinski definition) is 2. The number of pyridine rings is 4. The van der Waals surface area contributed by atoms with Crippen molar-refractivity contribution in [1.29, 1.82) is 0 Å². The van der Waals surface area contributed by atoms with Gasteiger partial charge < -0.3 is 49.7 Å². The van der Waals surface area contributed by atoms with Gasteiger partial charge in [0.05, 0.1) is 12.3 Å². The number of aliphatic hydroxyl groups excluding tert-OH is 1. The summed E-state index contributed by atoms with van der Waals surface area (Å²) in [5, 5.41) is 17.9. The summed E-state index contributed by atoms with van der Waals surface area (Å²) in [5.74, 6) is -4.43. The molecule has 0 spiro atoms. The van der Waals surface area contributed by atoms with Crippen molar-refractivity contribution in [2.45, 2.75) is 20.8 Å². The number of rotatable bonds is 8. The molecule has 14 nitrogen and oxygen atoms in total. The van der Waals surface area contributed by atoms with Crippen LogP contribution in [0.2, 0.25) is 0 Å². The number of thiophene rings is 1. The quantitative estimate of drug-likeness (QED) is 0.0642. The maximum Gasteiger partial charge on any atom is 0.354 e. The molecule has 8 heterocycles. The number of carbonyl (C=O) groups is 2. The van der Waals surface area contributed by atoms with Gasteiger partial charge in [-0.25, -0.2) is 32.2 Å². The Labute approximate surface area is 690 Å². The van der Waals surface area contributed by atoms with Gasteiger partial charge in [0.1, 0.15) is 5.69 Å². The van der Waals surface area contributed by atoms with E-state index in [0.717, 1.165) is 56.8 Å². The van der Waals surface area contributed by atoms with E-state index < -0.39 is 34.9 Å². The molecule has 0 atom stereocenters. The van der Waals surface area contributed by atoms with Crippen molar-refractivity contribution >= 4 is 61.6 Å². The maximum atomic E-state index is 13.8. The van der Waals surface area contributed by atoms with Crippen LogP contribution < -0.4 is 14.7 Å². The van der Waals surface area contributed by atoms with Crippen LogP contribution in [0.15, 0.2) is 268 Å². The molecule has 25 heteroatoms. The summed E-state index contributed by atoms with van der Waals surface area (Å²) >= 11 is 1.73. The van der Waals surface area contributed by atoms with Gasteiger partial charge in [0.2, 0.25) is 0 Å². The van der Waals surface area contributed by atoms with Crippen LogP contribution in [0, 0.1) is 92.3 Å². The number of anilines is 4. The van der Waals surface area contributed by atoms with Crippen LogP contribution in [0.25, 0.3) is 59.1 Å². The molecule has 2 N–H and O–H groups in total. The Hall–Kier alpha value is -9.61. The van der Waals surface area contributed by atoms with E-state index in [-0.39, 0.29) is 135 Å². The minimum Gasteiger partial charge on any atom is -0.512 e. The van der Waals surface area contributed by atoms with E-state index in [1.54, 1.807) is 72.3 Å². The van der Waals surface area contributed by atoms with Gasteiger partial charge in [0.25, 0.3) is 0 Å². The van der Waals surface area contributed by atoms with Crippen molar-refractivity contribution < 1.29 is 142 Å². The van der Waals surface area contributed by atoms with Gasteiger partial charge in [-0.05, 0) is 111 Å². The van der Waals surface area contributed by atoms with E-state index in [2.05, 4.69) is 138 Å². The number of aliphatic hydroxyl groups is 1. The number of fused-ring (bicyclic) bond motifs is 2. The Kier molecular flexibility index (Phi) is 41.0. The molecular formula is C82H62F5Ir5N10O4S-9. The number of allylic oxidation sites excluding steroid dienone is 2. The number of halogens is 5. The molecule has 2 aliphatic rings. The molecule has 107 heavy (non-hydrogen) atoms. The van der Waals surface area contributed by atoms with Crippen molar-refractivity contribution in [3.05, 3.63) is 369 Å². The van der Waals surface area contributed by atoms with Crippen LogP contribution in [0.5, 0.6) is 0 Å². The standard InChI is InChI=1S/C14H12N2.C13H7F2N2.C13H8NS.C11H6F2N.C10H9FN2.C10H7N.C6H5NO2.C5H8O2.5Ir/c1-15-11-16(12-7-3-2-4-8-12)14-10-6-5-9-13(14)15;1-8-5-6-17-11(7-8)9-3-4-10(14)13(16-2)12(9)15;1-2-7-12-10(5-1)9-13(15-12)11-6-3-4-8-14-11;12-8-4-5-9(10(13)7-8)11-3-1-2-6-14-11;1-12-6-7-13(8-12)10-4-2-9(11)3-5-10;1-2-4-9(5-3-1)10-6-7-11-8-10;8-6(9)5-3-1-2-4-7-5;1-4(6)3-5(2)7;;;;;/h2-7,9-11H,1H3;4-7H,1H3;1-8H;1-4,6-7H;2-4,6-8H,1H3;1-4,6-8H;1-4H,(H,8,9);3,6H,1-2H3;;;;;/q-2;3*-1;2*-2;;;;;;;. The Morgan fingerprint density at radius 3 is 1.73 bits per heavy atom. The molecule has 0 amide bonds. The second-order valence-corrected chi connectivity index (χ2v) is 22.5. The van der Waals surface area contributed by atoms with E-state index in [1.807, 2.05) is 128 Å². The summed E-state index contributed by atoms with van der Waals surface area (Å²) in [7, 11) is 3.99. The van der Waals surface area contributed by atoms with E-state index in [9.17, 15) is 31.5 Å². The van der Waals surface area contributed by atoms with Crippen LogP contribution >= 0.6 is 11.3 Å². The first-order valence-electron chi connectivity index (χ1n) is 30.9. The molecule has 7 aromatic carbocycles. The molecule has 2 aliphatic heterocycles. The fourth-order valence-electron chi connectivity index (χ4n) is 9.08. The topological polar surface area (TPSA) is 156 Å². The number of aryl methyl sites for hydroxylation is 1. The molecule has 0 saturated carbocycles. The number of carbonyl (C=O) groups excluding carboxylic acids is 1. The Bertz CT molecular complexity index is 4870. The minimum absolute atomic E-state index is 0. The molecule has 13 aromatic rings. The number of para-hydroxylation sites is 3. The SMILES string of the molecule is CC(=O)C=C(C)O.CN1C=CN(c2[c-]cc(F)cc2)[CH-]1.CN1[CH-]N(c2[c-]cccc2)c2ccccc21.Fc1c[c-]c(-c2ccccn2)c(F)c1.O=C(O)c1ccccn1.[C-]#[N+]c1c(F)c[c-]c(-c2cc(C)ccn2)c1F.[Ir].[Ir].[Ir].[Ir].[Ir].[c-]1c(-c2ccccn2)sc2ccccc12.[c-]1ccccc1-c1ccn[cH-]1. The van der Waals surface area contributed by atoms with E-state index in [1.165, 1.54) is 72.0 Å². The molecule has 0 saturated heterocycles. The number of aromatic nitrogens is 5. The summed E-state index contributed by atoms with van der Waals surface area (Å²) in [6, 6.07) is 78.6. The van der Waals surface area contributed by atoms with E-state index in [4.69, 9.17) is 16.8 Å². The molecular weight excluding hydrogens is 2280 g/mol. The summed E-state index contributed by atoms with van der Waals surface area (Å²) in [6.45, 7) is 15.4. The Balaban J connectivity index is 0.000000319. The van der Waals surface area contributed by atoms with Crippen LogP contribution in [-0.2, 0) is 105 Å². The zero-order valence-corrected chi connectivity index (χ0v) is 69.9. The monoisotopic (exact) mass is 2340 g/mol. The second kappa shape index (κ2) is 47.8. The molecule has 0 unspecified atom stereocenters. The normalized spacial score (nSPS) is 10.9. The molecule has 0 bridgehead atoms. The number of aromatic carboxylic acids is 1. The van der Waals surface area contributed by atoms with Gasteiger partial charge in [-0.1, -0.05) is 84.1 Å². The number of benzene rings is 7. The van der Waals surface area contributed by atoms with Crippen LogP contribution in [0.3, 0.4) is 0 Å². The zero-order valence-electron chi connectivity index (χ0n) is 57.1. The van der Waals surface area contributed by atoms with Crippen LogP contribution in [-0.4, -0.2) is 65.9 Å². The van der Waals surface area contributed by atoms with E-state index in [0.29, 0.717) is 11.4 Å². The van der Waals surface area contributed by atoms with Crippen molar-refractivity contribution in [2.24, 2.45) is 0 Å². The largest absolute Gasteiger partial charge is 0.512 e. The molecule has 15 rings (SSSR count). The number of carboxylic acid groups (broad SMARTS) is 1. The van der Waals surface area contributed by atoms with Gasteiger partial charge in [-0.15, -0.1) is 95.3 Å². The van der Waals surface area contributed by atoms with Crippen molar-refractivity contribution in [2.75, 3.05) is 28.8 Å². The molecule has 0 fully saturated rings. The number of hydrogen-bond acceptors (Lipinski definition) is 13. The zero-order chi connectivity index (χ0) is 72.8. The Morgan fingerprint density at radius 1 is 0.570 bits per heavy atom. The van der Waals surface area contributed by atoms with Crippen molar-refractivity contribution in [3.8, 4) is 44.2 Å². The fraction of sp³-hybridized carbons (Fsp3) is 0.0610. The first-order chi connectivity index (χ1) is 49.3. The molecule has 559 valence electrons. The molecule has 5 radical (unpaired) electrons. The fourth-order valence-corrected chi connectivity index (χ4v) is 10.1. The summed E-state index contributed by atoms with van der Waals surface area (Å²) in [5.41, 5.74) is 8.91. The van der Waals surface area contributed by atoms with Crippen molar-refractivity contribution in [1.82, 2.24) is 29.8 Å². The summed E-state index contributed by atoms with van der Waals surface area (Å²) in [6.07, 6.45) is 14.9.